The quantitative estimate of drug-likeness (QED) is 0.858. The molecule has 1 aromatic carbocycles. The molecule has 21 heavy (non-hydrogen) atoms. The molecule has 0 saturated heterocycles. The highest BCUT2D eigenvalue weighted by atomic mass is 15.6. The van der Waals surface area contributed by atoms with Crippen LogP contribution in [0.15, 0.2) is 18.2 Å². The minimum Gasteiger partial charge on any atom is -0.399 e. The third-order valence-corrected chi connectivity index (χ3v) is 5.83. The van der Waals surface area contributed by atoms with Gasteiger partial charge in [0.05, 0.1) is 6.04 Å². The smallest absolute Gasteiger partial charge is 0.182 e. The summed E-state index contributed by atoms with van der Waals surface area (Å²) in [7, 11) is 0. The maximum absolute atomic E-state index is 5.98. The predicted octanol–water partition coefficient (Wildman–Crippen LogP) is 2.45. The number of aromatic nitrogens is 4. The minimum atomic E-state index is 0.531. The SMILES string of the molecule is Cc1cc(N)cc(-c2nnnn2C2C3C4CCC(C4)C32)c1. The van der Waals surface area contributed by atoms with E-state index in [1.165, 1.54) is 19.3 Å². The summed E-state index contributed by atoms with van der Waals surface area (Å²) in [5.41, 5.74) is 8.93. The lowest BCUT2D eigenvalue weighted by Crippen LogP contribution is -2.08. The normalized spacial score (nSPS) is 36.0. The number of aryl methyl sites for hydroxylation is 1. The van der Waals surface area contributed by atoms with Crippen molar-refractivity contribution >= 4 is 5.69 Å². The molecule has 0 spiro atoms. The molecular weight excluding hydrogens is 262 g/mol. The number of nitrogen functional groups attached to an aromatic ring is 1. The van der Waals surface area contributed by atoms with E-state index in [-0.39, 0.29) is 0 Å². The van der Waals surface area contributed by atoms with Gasteiger partial charge < -0.3 is 5.73 Å². The maximum atomic E-state index is 5.98. The summed E-state index contributed by atoms with van der Waals surface area (Å²) in [6, 6.07) is 6.60. The zero-order valence-electron chi connectivity index (χ0n) is 12.1. The van der Waals surface area contributed by atoms with E-state index in [1.54, 1.807) is 0 Å². The van der Waals surface area contributed by atoms with E-state index in [0.29, 0.717) is 6.04 Å². The monoisotopic (exact) mass is 281 g/mol. The molecule has 4 atom stereocenters. The van der Waals surface area contributed by atoms with E-state index < -0.39 is 0 Å². The molecule has 5 nitrogen and oxygen atoms in total. The third-order valence-electron chi connectivity index (χ3n) is 5.83. The fourth-order valence-electron chi connectivity index (χ4n) is 5.13. The number of anilines is 1. The van der Waals surface area contributed by atoms with Gasteiger partial charge in [-0.1, -0.05) is 0 Å². The zero-order valence-corrected chi connectivity index (χ0v) is 12.1. The molecule has 3 aliphatic carbocycles. The lowest BCUT2D eigenvalue weighted by molar-refractivity contribution is 0.427. The molecule has 1 aromatic heterocycles. The number of fused-ring (bicyclic) bond motifs is 5. The Bertz CT molecular complexity index is 685. The first kappa shape index (κ1) is 11.7. The van der Waals surface area contributed by atoms with Crippen molar-refractivity contribution in [3.8, 4) is 11.4 Å². The Morgan fingerprint density at radius 3 is 2.62 bits per heavy atom. The van der Waals surface area contributed by atoms with E-state index in [0.717, 1.165) is 46.3 Å². The van der Waals surface area contributed by atoms with E-state index in [1.807, 2.05) is 12.1 Å². The summed E-state index contributed by atoms with van der Waals surface area (Å²) < 4.78 is 2.08. The average molecular weight is 281 g/mol. The number of rotatable bonds is 2. The fourth-order valence-corrected chi connectivity index (χ4v) is 5.13. The predicted molar refractivity (Wildman–Crippen MR) is 79.3 cm³/mol. The summed E-state index contributed by atoms with van der Waals surface area (Å²) in [5.74, 6) is 4.37. The van der Waals surface area contributed by atoms with Crippen molar-refractivity contribution < 1.29 is 0 Å². The summed E-state index contributed by atoms with van der Waals surface area (Å²) in [6.45, 7) is 2.06. The molecule has 5 rings (SSSR count). The van der Waals surface area contributed by atoms with Gasteiger partial charge in [-0.15, -0.1) is 5.10 Å². The molecule has 3 aliphatic rings. The van der Waals surface area contributed by atoms with Gasteiger partial charge in [0, 0.05) is 11.3 Å². The number of nitrogens with two attached hydrogens (primary N) is 1. The molecule has 3 saturated carbocycles. The van der Waals surface area contributed by atoms with Crippen LogP contribution in [0.25, 0.3) is 11.4 Å². The van der Waals surface area contributed by atoms with Crippen molar-refractivity contribution in [3.05, 3.63) is 23.8 Å². The molecule has 5 heteroatoms. The molecule has 0 aliphatic heterocycles. The number of tetrazole rings is 1. The van der Waals surface area contributed by atoms with Gasteiger partial charge in [-0.05, 0) is 84.0 Å². The number of benzene rings is 1. The summed E-state index contributed by atoms with van der Waals surface area (Å²) >= 11 is 0. The van der Waals surface area contributed by atoms with Gasteiger partial charge in [0.1, 0.15) is 0 Å². The molecule has 2 bridgehead atoms. The van der Waals surface area contributed by atoms with Gasteiger partial charge in [0.15, 0.2) is 5.82 Å². The summed E-state index contributed by atoms with van der Waals surface area (Å²) in [4.78, 5) is 0. The fraction of sp³-hybridized carbons (Fsp3) is 0.562. The second kappa shape index (κ2) is 3.84. The van der Waals surface area contributed by atoms with Crippen molar-refractivity contribution in [1.82, 2.24) is 20.2 Å². The van der Waals surface area contributed by atoms with Crippen molar-refractivity contribution in [2.45, 2.75) is 32.2 Å². The first-order chi connectivity index (χ1) is 10.2. The number of hydrogen-bond acceptors (Lipinski definition) is 4. The highest BCUT2D eigenvalue weighted by molar-refractivity contribution is 5.62. The van der Waals surface area contributed by atoms with Crippen LogP contribution >= 0.6 is 0 Å². The molecule has 0 amide bonds. The van der Waals surface area contributed by atoms with Crippen LogP contribution in [0.3, 0.4) is 0 Å². The van der Waals surface area contributed by atoms with E-state index >= 15 is 0 Å². The van der Waals surface area contributed by atoms with E-state index in [2.05, 4.69) is 33.2 Å². The van der Waals surface area contributed by atoms with Crippen LogP contribution < -0.4 is 5.73 Å². The number of nitrogens with zero attached hydrogens (tertiary/aromatic N) is 4. The first-order valence-electron chi connectivity index (χ1n) is 7.88. The van der Waals surface area contributed by atoms with Crippen LogP contribution in [0.4, 0.5) is 5.69 Å². The Kier molecular flexibility index (Phi) is 2.14. The van der Waals surface area contributed by atoms with Gasteiger partial charge in [-0.3, -0.25) is 0 Å². The molecule has 108 valence electrons. The van der Waals surface area contributed by atoms with Gasteiger partial charge in [0.25, 0.3) is 0 Å². The molecular formula is C16H19N5. The second-order valence-corrected chi connectivity index (χ2v) is 7.06. The van der Waals surface area contributed by atoms with Crippen LogP contribution in [0.2, 0.25) is 0 Å². The van der Waals surface area contributed by atoms with Gasteiger partial charge in [-0.2, -0.15) is 0 Å². The van der Waals surface area contributed by atoms with Gasteiger partial charge in [-0.25, -0.2) is 4.68 Å². The van der Waals surface area contributed by atoms with E-state index in [4.69, 9.17) is 5.73 Å². The van der Waals surface area contributed by atoms with Crippen molar-refractivity contribution in [1.29, 1.82) is 0 Å². The average Bonchev–Trinajstić information content (AvgIpc) is 2.87. The van der Waals surface area contributed by atoms with Gasteiger partial charge >= 0.3 is 0 Å². The van der Waals surface area contributed by atoms with Crippen LogP contribution in [0.5, 0.6) is 0 Å². The van der Waals surface area contributed by atoms with Crippen molar-refractivity contribution in [2.24, 2.45) is 23.7 Å². The summed E-state index contributed by atoms with van der Waals surface area (Å²) in [6.07, 6.45) is 4.27. The molecule has 2 N–H and O–H groups in total. The van der Waals surface area contributed by atoms with Gasteiger partial charge in [0.2, 0.25) is 0 Å². The van der Waals surface area contributed by atoms with Crippen LogP contribution in [-0.2, 0) is 0 Å². The highest BCUT2D eigenvalue weighted by Gasteiger charge is 2.66. The Morgan fingerprint density at radius 2 is 1.90 bits per heavy atom. The highest BCUT2D eigenvalue weighted by Crippen LogP contribution is 2.71. The zero-order chi connectivity index (χ0) is 14.1. The lowest BCUT2D eigenvalue weighted by atomic mass is 10.0. The lowest BCUT2D eigenvalue weighted by Gasteiger charge is -2.11. The number of hydrogen-bond donors (Lipinski definition) is 1. The Balaban J connectivity index is 1.54. The standard InChI is InChI=1S/C16H19N5/c1-8-4-11(7-12(17)5-8)16-18-19-20-21(16)15-13-9-2-3-10(6-9)14(13)15/h4-5,7,9-10,13-15H,2-3,6,17H2,1H3. The largest absolute Gasteiger partial charge is 0.399 e. The molecule has 4 unspecified atom stereocenters. The Labute approximate surface area is 123 Å². The third kappa shape index (κ3) is 1.54. The first-order valence-corrected chi connectivity index (χ1v) is 7.88. The molecule has 0 radical (unpaired) electrons. The maximum Gasteiger partial charge on any atom is 0.182 e. The van der Waals surface area contributed by atoms with Crippen molar-refractivity contribution in [2.75, 3.05) is 5.73 Å². The van der Waals surface area contributed by atoms with E-state index in [9.17, 15) is 0 Å². The minimum absolute atomic E-state index is 0.531. The molecule has 3 fully saturated rings. The Hall–Kier alpha value is -1.91. The van der Waals surface area contributed by atoms with Crippen LogP contribution in [0, 0.1) is 30.6 Å². The van der Waals surface area contributed by atoms with Crippen LogP contribution in [-0.4, -0.2) is 20.2 Å². The second-order valence-electron chi connectivity index (χ2n) is 7.06. The van der Waals surface area contributed by atoms with Crippen molar-refractivity contribution in [3.63, 3.8) is 0 Å². The molecule has 2 aromatic rings. The van der Waals surface area contributed by atoms with Crippen LogP contribution in [0.1, 0.15) is 30.9 Å². The summed E-state index contributed by atoms with van der Waals surface area (Å²) in [5, 5.41) is 12.5. The molecule has 1 heterocycles. The Morgan fingerprint density at radius 1 is 1.14 bits per heavy atom. The topological polar surface area (TPSA) is 69.6 Å².